The zero-order valence-corrected chi connectivity index (χ0v) is 19.3. The van der Waals surface area contributed by atoms with Crippen LogP contribution >= 0.6 is 0 Å². The van der Waals surface area contributed by atoms with Gasteiger partial charge in [-0.05, 0) is 24.8 Å². The van der Waals surface area contributed by atoms with Crippen molar-refractivity contribution in [1.82, 2.24) is 34.4 Å². The SMILES string of the molecule is CC(C)Cn1c(O)c(C(=O)NC2CC2)c(=O)n2ncc(C=CC(=O)N(C)Cc3cnccn3)c12. The van der Waals surface area contributed by atoms with Gasteiger partial charge in [0.05, 0.1) is 24.6 Å². The smallest absolute Gasteiger partial charge is 0.291 e. The lowest BCUT2D eigenvalue weighted by atomic mass is 10.2. The second-order valence-corrected chi connectivity index (χ2v) is 8.82. The van der Waals surface area contributed by atoms with Gasteiger partial charge in [0.2, 0.25) is 11.8 Å². The third-order valence-electron chi connectivity index (χ3n) is 5.40. The number of rotatable bonds is 8. The molecule has 3 aromatic heterocycles. The lowest BCUT2D eigenvalue weighted by Gasteiger charge is -2.17. The molecule has 1 aliphatic rings. The van der Waals surface area contributed by atoms with Crippen molar-refractivity contribution in [2.24, 2.45) is 5.92 Å². The summed E-state index contributed by atoms with van der Waals surface area (Å²) in [5, 5.41) is 17.8. The molecule has 0 spiro atoms. The molecule has 0 aromatic carbocycles. The van der Waals surface area contributed by atoms with E-state index in [0.29, 0.717) is 23.4 Å². The van der Waals surface area contributed by atoms with Gasteiger partial charge in [0.1, 0.15) is 5.65 Å². The van der Waals surface area contributed by atoms with Gasteiger partial charge in [-0.2, -0.15) is 9.61 Å². The van der Waals surface area contributed by atoms with Gasteiger partial charge in [0.15, 0.2) is 5.56 Å². The number of aromatic hydroxyl groups is 1. The fourth-order valence-corrected chi connectivity index (χ4v) is 3.57. The first kappa shape index (κ1) is 23.1. The van der Waals surface area contributed by atoms with Gasteiger partial charge in [-0.25, -0.2) is 0 Å². The van der Waals surface area contributed by atoms with Crippen LogP contribution in [0.4, 0.5) is 0 Å². The molecule has 2 N–H and O–H groups in total. The quantitative estimate of drug-likeness (QED) is 0.478. The van der Waals surface area contributed by atoms with Crippen LogP contribution in [-0.4, -0.2) is 59.1 Å². The average Bonchev–Trinajstić information content (AvgIpc) is 3.50. The van der Waals surface area contributed by atoms with E-state index < -0.39 is 17.3 Å². The van der Waals surface area contributed by atoms with Crippen molar-refractivity contribution in [3.63, 3.8) is 0 Å². The number of hydrogen-bond donors (Lipinski definition) is 2. The minimum Gasteiger partial charge on any atom is -0.494 e. The van der Waals surface area contributed by atoms with Crippen LogP contribution in [0.15, 0.2) is 35.7 Å². The van der Waals surface area contributed by atoms with Crippen LogP contribution in [0.25, 0.3) is 11.7 Å². The third kappa shape index (κ3) is 4.82. The van der Waals surface area contributed by atoms with E-state index in [-0.39, 0.29) is 30.0 Å². The van der Waals surface area contributed by atoms with E-state index in [0.717, 1.165) is 17.4 Å². The number of carbonyl (C=O) groups is 2. The Bertz CT molecular complexity index is 1310. The summed E-state index contributed by atoms with van der Waals surface area (Å²) in [7, 11) is 1.64. The van der Waals surface area contributed by atoms with Gasteiger partial charge in [-0.15, -0.1) is 0 Å². The van der Waals surface area contributed by atoms with Crippen LogP contribution in [0.3, 0.4) is 0 Å². The molecule has 1 aliphatic carbocycles. The standard InChI is InChI=1S/C23H27N7O4/c1-14(2)12-29-21-15(4-7-18(31)28(3)13-17-11-24-8-9-25-17)10-26-30(21)23(34)19(22(29)33)20(32)27-16-5-6-16/h4,7-11,14,16,33H,5-6,12-13H2,1-3H3,(H,27,32). The molecule has 1 fully saturated rings. The van der Waals surface area contributed by atoms with Crippen LogP contribution in [0.1, 0.15) is 48.3 Å². The van der Waals surface area contributed by atoms with Crippen molar-refractivity contribution in [1.29, 1.82) is 0 Å². The van der Waals surface area contributed by atoms with Crippen LogP contribution in [-0.2, 0) is 17.9 Å². The Morgan fingerprint density at radius 2 is 2.06 bits per heavy atom. The number of amides is 2. The Labute approximate surface area is 195 Å². The van der Waals surface area contributed by atoms with Crippen molar-refractivity contribution in [2.45, 2.75) is 45.8 Å². The monoisotopic (exact) mass is 465 g/mol. The van der Waals surface area contributed by atoms with Crippen molar-refractivity contribution < 1.29 is 14.7 Å². The number of nitrogens with zero attached hydrogens (tertiary/aromatic N) is 6. The summed E-state index contributed by atoms with van der Waals surface area (Å²) in [6.07, 6.45) is 10.7. The number of nitrogens with one attached hydrogen (secondary N) is 1. The van der Waals surface area contributed by atoms with Crippen molar-refractivity contribution in [2.75, 3.05) is 7.05 Å². The molecule has 0 bridgehead atoms. The molecular formula is C23H27N7O4. The summed E-state index contributed by atoms with van der Waals surface area (Å²) in [6, 6.07) is 0.0292. The third-order valence-corrected chi connectivity index (χ3v) is 5.40. The molecule has 3 heterocycles. The highest BCUT2D eigenvalue weighted by atomic mass is 16.3. The molecule has 11 heteroatoms. The molecule has 0 saturated heterocycles. The lowest BCUT2D eigenvalue weighted by molar-refractivity contribution is -0.125. The van der Waals surface area contributed by atoms with Gasteiger partial charge in [-0.1, -0.05) is 13.8 Å². The number of fused-ring (bicyclic) bond motifs is 1. The largest absolute Gasteiger partial charge is 0.494 e. The predicted octanol–water partition coefficient (Wildman–Crippen LogP) is 1.21. The summed E-state index contributed by atoms with van der Waals surface area (Å²) in [6.45, 7) is 4.53. The van der Waals surface area contributed by atoms with E-state index >= 15 is 0 Å². The summed E-state index contributed by atoms with van der Waals surface area (Å²) in [4.78, 5) is 48.0. The van der Waals surface area contributed by atoms with Crippen LogP contribution in [0.5, 0.6) is 5.88 Å². The van der Waals surface area contributed by atoms with E-state index in [9.17, 15) is 19.5 Å². The maximum atomic E-state index is 13.0. The summed E-state index contributed by atoms with van der Waals surface area (Å²) >= 11 is 0. The summed E-state index contributed by atoms with van der Waals surface area (Å²) in [5.41, 5.74) is 0.369. The van der Waals surface area contributed by atoms with Crippen molar-refractivity contribution >= 4 is 23.5 Å². The zero-order valence-electron chi connectivity index (χ0n) is 19.3. The van der Waals surface area contributed by atoms with E-state index in [1.807, 2.05) is 13.8 Å². The Balaban J connectivity index is 1.68. The minimum atomic E-state index is -0.712. The first-order chi connectivity index (χ1) is 16.3. The molecular weight excluding hydrogens is 438 g/mol. The van der Waals surface area contributed by atoms with E-state index in [2.05, 4.69) is 20.4 Å². The average molecular weight is 466 g/mol. The minimum absolute atomic E-state index is 0.0292. The van der Waals surface area contributed by atoms with Crippen LogP contribution in [0.2, 0.25) is 0 Å². The molecule has 11 nitrogen and oxygen atoms in total. The van der Waals surface area contributed by atoms with Crippen LogP contribution in [0, 0.1) is 5.92 Å². The van der Waals surface area contributed by atoms with Gasteiger partial charge >= 0.3 is 0 Å². The fourth-order valence-electron chi connectivity index (χ4n) is 3.57. The number of likely N-dealkylation sites (N-methyl/N-ethyl adjacent to an activating group) is 1. The van der Waals surface area contributed by atoms with Crippen molar-refractivity contribution in [3.05, 3.63) is 58.0 Å². The Kier molecular flexibility index (Phi) is 6.44. The highest BCUT2D eigenvalue weighted by Crippen LogP contribution is 2.24. The highest BCUT2D eigenvalue weighted by molar-refractivity contribution is 5.97. The van der Waals surface area contributed by atoms with Crippen LogP contribution < -0.4 is 10.9 Å². The highest BCUT2D eigenvalue weighted by Gasteiger charge is 2.29. The number of hydrogen-bond acceptors (Lipinski definition) is 7. The second kappa shape index (κ2) is 9.46. The molecule has 178 valence electrons. The molecule has 34 heavy (non-hydrogen) atoms. The van der Waals surface area contributed by atoms with Gasteiger partial charge < -0.3 is 15.3 Å². The molecule has 1 saturated carbocycles. The number of carbonyl (C=O) groups excluding carboxylic acids is 2. The van der Waals surface area contributed by atoms with E-state index in [4.69, 9.17) is 0 Å². The maximum Gasteiger partial charge on any atom is 0.291 e. The summed E-state index contributed by atoms with van der Waals surface area (Å²) in [5.74, 6) is -1.21. The van der Waals surface area contributed by atoms with Gasteiger partial charge in [-0.3, -0.25) is 28.9 Å². The first-order valence-electron chi connectivity index (χ1n) is 11.1. The maximum absolute atomic E-state index is 13.0. The molecule has 4 rings (SSSR count). The molecule has 2 amide bonds. The normalized spacial score (nSPS) is 13.6. The van der Waals surface area contributed by atoms with Gasteiger partial charge in [0.25, 0.3) is 11.5 Å². The van der Waals surface area contributed by atoms with Gasteiger partial charge in [0, 0.05) is 43.7 Å². The fraction of sp³-hybridized carbons (Fsp3) is 0.391. The topological polar surface area (TPSA) is 135 Å². The van der Waals surface area contributed by atoms with Crippen molar-refractivity contribution in [3.8, 4) is 5.88 Å². The first-order valence-corrected chi connectivity index (χ1v) is 11.1. The number of aromatic nitrogens is 5. The zero-order chi connectivity index (χ0) is 24.4. The van der Waals surface area contributed by atoms with E-state index in [1.165, 1.54) is 27.8 Å². The Hall–Kier alpha value is -4.02. The summed E-state index contributed by atoms with van der Waals surface area (Å²) < 4.78 is 2.59. The Morgan fingerprint density at radius 3 is 2.71 bits per heavy atom. The van der Waals surface area contributed by atoms with E-state index in [1.54, 1.807) is 25.6 Å². The lowest BCUT2D eigenvalue weighted by Crippen LogP contribution is -2.34. The molecule has 0 radical (unpaired) electrons. The second-order valence-electron chi connectivity index (χ2n) is 8.82. The molecule has 0 atom stereocenters. The molecule has 0 unspecified atom stereocenters. The Morgan fingerprint density at radius 1 is 1.29 bits per heavy atom. The predicted molar refractivity (Wildman–Crippen MR) is 124 cm³/mol. The molecule has 0 aliphatic heterocycles. The molecule has 3 aromatic rings.